The van der Waals surface area contributed by atoms with Crippen LogP contribution in [0.1, 0.15) is 76.7 Å². The highest BCUT2D eigenvalue weighted by Crippen LogP contribution is 2.28. The molecular weight excluding hydrogens is 458 g/mol. The lowest BCUT2D eigenvalue weighted by atomic mass is 9.92. The largest absolute Gasteiger partial charge is 0.495 e. The van der Waals surface area contributed by atoms with E-state index in [0.717, 1.165) is 56.9 Å². The lowest BCUT2D eigenvalue weighted by molar-refractivity contribution is -0.143. The van der Waals surface area contributed by atoms with Gasteiger partial charge in [0.2, 0.25) is 11.8 Å². The van der Waals surface area contributed by atoms with Gasteiger partial charge in [0.25, 0.3) is 0 Å². The molecule has 2 aliphatic carbocycles. The highest BCUT2D eigenvalue weighted by atomic mass is 16.5. The number of rotatable bonds is 12. The third-order valence-electron chi connectivity index (χ3n) is 7.21. The molecule has 0 aromatic heterocycles. The molecule has 2 saturated carbocycles. The molecule has 1 N–H and O–H groups in total. The van der Waals surface area contributed by atoms with Gasteiger partial charge >= 0.3 is 0 Å². The number of hydrogen-bond acceptors (Lipinski definition) is 6. The Kier molecular flexibility index (Phi) is 10.6. The maximum absolute atomic E-state index is 13.5. The summed E-state index contributed by atoms with van der Waals surface area (Å²) in [5, 5.41) is 3.16. The van der Waals surface area contributed by atoms with Crippen molar-refractivity contribution in [2.24, 2.45) is 4.99 Å². The number of nitrogens with one attached hydrogen (secondary N) is 1. The van der Waals surface area contributed by atoms with Crippen molar-refractivity contribution in [2.45, 2.75) is 95.9 Å². The Morgan fingerprint density at radius 3 is 2.39 bits per heavy atom. The second-order valence-electron chi connectivity index (χ2n) is 9.70. The normalized spacial score (nSPS) is 17.8. The number of nitrogens with zero attached hydrogens (tertiary/aromatic N) is 2. The second-order valence-corrected chi connectivity index (χ2v) is 9.70. The number of methoxy groups -OCH3 is 2. The first-order valence-corrected chi connectivity index (χ1v) is 13.1. The van der Waals surface area contributed by atoms with E-state index in [9.17, 15) is 9.59 Å². The van der Waals surface area contributed by atoms with E-state index in [1.165, 1.54) is 12.7 Å². The monoisotopic (exact) mass is 499 g/mol. The molecule has 0 bridgehead atoms. The number of carbonyl (C=O) groups excluding carboxylic acids is 2. The van der Waals surface area contributed by atoms with Gasteiger partial charge in [0.05, 0.1) is 26.3 Å². The zero-order valence-electron chi connectivity index (χ0n) is 22.0. The predicted octanol–water partition coefficient (Wildman–Crippen LogP) is 4.76. The molecule has 0 aliphatic heterocycles. The first-order valence-electron chi connectivity index (χ1n) is 13.1. The van der Waals surface area contributed by atoms with E-state index in [-0.39, 0.29) is 36.9 Å². The summed E-state index contributed by atoms with van der Waals surface area (Å²) in [5.74, 6) is 1.07. The van der Waals surface area contributed by atoms with Gasteiger partial charge in [-0.05, 0) is 57.0 Å². The standard InChI is InChI=1S/C28H41N3O5/c1-20(28(33)30-22-10-8-9-11-22)31(24-12-6-5-7-13-24)27(32)17-23(29-2)19-36-18-21-14-15-25(34-3)26(16-21)35-4/h14-16,19-20,22,24H,2,5-13,17-18H2,1,3-4H3,(H,30,33)/b23-19-. The van der Waals surface area contributed by atoms with Crippen LogP contribution in [0.15, 0.2) is 35.2 Å². The molecule has 2 fully saturated rings. The van der Waals surface area contributed by atoms with E-state index in [0.29, 0.717) is 17.2 Å². The summed E-state index contributed by atoms with van der Waals surface area (Å²) in [5.41, 5.74) is 1.32. The van der Waals surface area contributed by atoms with Gasteiger partial charge in [-0.3, -0.25) is 14.6 Å². The summed E-state index contributed by atoms with van der Waals surface area (Å²) >= 11 is 0. The smallest absolute Gasteiger partial charge is 0.242 e. The van der Waals surface area contributed by atoms with Crippen molar-refractivity contribution < 1.29 is 23.8 Å². The van der Waals surface area contributed by atoms with Crippen LogP contribution < -0.4 is 14.8 Å². The molecular formula is C28H41N3O5. The summed E-state index contributed by atoms with van der Waals surface area (Å²) in [6.07, 6.45) is 11.0. The van der Waals surface area contributed by atoms with Crippen LogP contribution in [0.25, 0.3) is 0 Å². The summed E-state index contributed by atoms with van der Waals surface area (Å²) in [7, 11) is 3.17. The topological polar surface area (TPSA) is 89.5 Å². The van der Waals surface area contributed by atoms with E-state index < -0.39 is 6.04 Å². The Bertz CT molecular complexity index is 920. The summed E-state index contributed by atoms with van der Waals surface area (Å²) in [6, 6.07) is 5.30. The molecule has 3 rings (SSSR count). The van der Waals surface area contributed by atoms with Crippen LogP contribution in [0.3, 0.4) is 0 Å². The van der Waals surface area contributed by atoms with Crippen LogP contribution in [-0.4, -0.2) is 55.8 Å². The van der Waals surface area contributed by atoms with Crippen molar-refractivity contribution in [1.29, 1.82) is 0 Å². The van der Waals surface area contributed by atoms with Crippen molar-refractivity contribution in [3.8, 4) is 11.5 Å². The SMILES string of the molecule is C=N/C(=C\OCc1ccc(OC)c(OC)c1)CC(=O)N(C1CCCCC1)C(C)C(=O)NC1CCCC1. The fourth-order valence-electron chi connectivity index (χ4n) is 5.20. The Balaban J connectivity index is 1.65. The highest BCUT2D eigenvalue weighted by Gasteiger charge is 2.34. The molecule has 0 heterocycles. The van der Waals surface area contributed by atoms with Gasteiger partial charge in [-0.1, -0.05) is 38.2 Å². The molecule has 1 unspecified atom stereocenters. The number of ether oxygens (including phenoxy) is 3. The number of carbonyl (C=O) groups is 2. The number of benzene rings is 1. The molecule has 0 saturated heterocycles. The van der Waals surface area contributed by atoms with Crippen molar-refractivity contribution >= 4 is 18.5 Å². The number of amides is 2. The van der Waals surface area contributed by atoms with E-state index in [1.807, 2.05) is 25.1 Å². The minimum atomic E-state index is -0.528. The van der Waals surface area contributed by atoms with Crippen LogP contribution in [0.4, 0.5) is 0 Å². The first-order chi connectivity index (χ1) is 17.5. The van der Waals surface area contributed by atoms with Crippen LogP contribution in [-0.2, 0) is 20.9 Å². The molecule has 2 aliphatic rings. The van der Waals surface area contributed by atoms with Gasteiger partial charge in [0.1, 0.15) is 18.9 Å². The van der Waals surface area contributed by atoms with Crippen LogP contribution >= 0.6 is 0 Å². The molecule has 8 heteroatoms. The van der Waals surface area contributed by atoms with Crippen molar-refractivity contribution in [2.75, 3.05) is 14.2 Å². The average Bonchev–Trinajstić information content (AvgIpc) is 3.41. The summed E-state index contributed by atoms with van der Waals surface area (Å²) in [4.78, 5) is 32.4. The zero-order valence-corrected chi connectivity index (χ0v) is 22.0. The molecule has 2 amide bonds. The second kappa shape index (κ2) is 13.9. The van der Waals surface area contributed by atoms with Gasteiger partial charge in [0, 0.05) is 12.1 Å². The molecule has 198 valence electrons. The lowest BCUT2D eigenvalue weighted by Gasteiger charge is -2.38. The zero-order chi connectivity index (χ0) is 25.9. The maximum Gasteiger partial charge on any atom is 0.242 e. The van der Waals surface area contributed by atoms with Gasteiger partial charge < -0.3 is 24.4 Å². The molecule has 8 nitrogen and oxygen atoms in total. The Hall–Kier alpha value is -3.03. The minimum absolute atomic E-state index is 0.0347. The molecule has 1 aromatic rings. The van der Waals surface area contributed by atoms with Crippen molar-refractivity contribution in [3.05, 3.63) is 35.7 Å². The van der Waals surface area contributed by atoms with E-state index >= 15 is 0 Å². The Morgan fingerprint density at radius 2 is 1.75 bits per heavy atom. The fraction of sp³-hybridized carbons (Fsp3) is 0.607. The summed E-state index contributed by atoms with van der Waals surface area (Å²) < 4.78 is 16.3. The third-order valence-corrected chi connectivity index (χ3v) is 7.21. The third kappa shape index (κ3) is 7.48. The van der Waals surface area contributed by atoms with E-state index in [1.54, 1.807) is 19.1 Å². The molecule has 0 radical (unpaired) electrons. The highest BCUT2D eigenvalue weighted by molar-refractivity contribution is 5.88. The molecule has 1 atom stereocenters. The van der Waals surface area contributed by atoms with Crippen LogP contribution in [0.2, 0.25) is 0 Å². The molecule has 1 aromatic carbocycles. The van der Waals surface area contributed by atoms with Gasteiger partial charge in [0.15, 0.2) is 11.5 Å². The van der Waals surface area contributed by atoms with Gasteiger partial charge in [-0.15, -0.1) is 0 Å². The lowest BCUT2D eigenvalue weighted by Crippen LogP contribution is -2.54. The van der Waals surface area contributed by atoms with Gasteiger partial charge in [-0.2, -0.15) is 0 Å². The Labute approximate surface area is 215 Å². The maximum atomic E-state index is 13.5. The van der Waals surface area contributed by atoms with Crippen molar-refractivity contribution in [1.82, 2.24) is 10.2 Å². The predicted molar refractivity (Wildman–Crippen MR) is 140 cm³/mol. The minimum Gasteiger partial charge on any atom is -0.495 e. The van der Waals surface area contributed by atoms with Crippen LogP contribution in [0.5, 0.6) is 11.5 Å². The molecule has 36 heavy (non-hydrogen) atoms. The van der Waals surface area contributed by atoms with Crippen LogP contribution in [0, 0.1) is 0 Å². The first kappa shape index (κ1) is 27.6. The van der Waals surface area contributed by atoms with Gasteiger partial charge in [-0.25, -0.2) is 0 Å². The summed E-state index contributed by atoms with van der Waals surface area (Å²) in [6.45, 7) is 5.75. The van der Waals surface area contributed by atoms with Crippen molar-refractivity contribution in [3.63, 3.8) is 0 Å². The number of aliphatic imine (C=N–C) groups is 1. The quantitative estimate of drug-likeness (QED) is 0.331. The van der Waals surface area contributed by atoms with E-state index in [4.69, 9.17) is 14.2 Å². The Morgan fingerprint density at radius 1 is 1.08 bits per heavy atom. The molecule has 0 spiro atoms. The fourth-order valence-corrected chi connectivity index (χ4v) is 5.20. The van der Waals surface area contributed by atoms with E-state index in [2.05, 4.69) is 17.0 Å². The average molecular weight is 500 g/mol. The number of hydrogen-bond donors (Lipinski definition) is 1.